The molecule has 1 aromatic rings. The highest BCUT2D eigenvalue weighted by molar-refractivity contribution is 5.79. The molecular weight excluding hydrogens is 373 g/mol. The number of hydrogen-bond donors (Lipinski definition) is 0. The average molecular weight is 398 g/mol. The van der Waals surface area contributed by atoms with E-state index in [-0.39, 0.29) is 18.2 Å². The minimum Gasteiger partial charge on any atom is -0.406 e. The standard InChI is InChI=1S/C19H25F3N4O2/c1-18(2,14-23)24(3)17(27)13-26-10-8-25(9-11-26)12-15-4-6-16(7-5-15)28-19(20,21)22/h4-7H,8-13H2,1-3H3. The van der Waals surface area contributed by atoms with Crippen molar-refractivity contribution in [3.8, 4) is 11.8 Å². The lowest BCUT2D eigenvalue weighted by Crippen LogP contribution is -2.52. The number of carbonyl (C=O) groups excluding carboxylic acids is 1. The third kappa shape index (κ3) is 6.39. The summed E-state index contributed by atoms with van der Waals surface area (Å²) in [6.45, 7) is 7.21. The fourth-order valence-corrected chi connectivity index (χ4v) is 2.84. The van der Waals surface area contributed by atoms with Crippen molar-refractivity contribution in [3.63, 3.8) is 0 Å². The van der Waals surface area contributed by atoms with Crippen molar-refractivity contribution in [1.82, 2.24) is 14.7 Å². The van der Waals surface area contributed by atoms with Gasteiger partial charge in [-0.1, -0.05) is 12.1 Å². The number of halogens is 3. The van der Waals surface area contributed by atoms with Gasteiger partial charge in [-0.15, -0.1) is 13.2 Å². The Hall–Kier alpha value is -2.31. The first-order valence-electron chi connectivity index (χ1n) is 8.97. The summed E-state index contributed by atoms with van der Waals surface area (Å²) < 4.78 is 40.5. The summed E-state index contributed by atoms with van der Waals surface area (Å²) in [5.74, 6) is -0.329. The molecule has 0 aromatic heterocycles. The Morgan fingerprint density at radius 3 is 2.18 bits per heavy atom. The average Bonchev–Trinajstić information content (AvgIpc) is 2.63. The van der Waals surface area contributed by atoms with Crippen molar-refractivity contribution in [2.75, 3.05) is 39.8 Å². The van der Waals surface area contributed by atoms with E-state index in [2.05, 4.69) is 15.7 Å². The highest BCUT2D eigenvalue weighted by Gasteiger charge is 2.31. The molecule has 154 valence electrons. The molecule has 1 aromatic carbocycles. The summed E-state index contributed by atoms with van der Waals surface area (Å²) in [5.41, 5.74) is 0.0514. The number of hydrogen-bond acceptors (Lipinski definition) is 5. The number of nitriles is 1. The predicted molar refractivity (Wildman–Crippen MR) is 97.3 cm³/mol. The molecule has 1 fully saturated rings. The van der Waals surface area contributed by atoms with Gasteiger partial charge in [0.25, 0.3) is 0 Å². The van der Waals surface area contributed by atoms with E-state index in [0.717, 1.165) is 18.7 Å². The molecule has 1 aliphatic heterocycles. The molecule has 0 saturated carbocycles. The van der Waals surface area contributed by atoms with Crippen LogP contribution in [0.5, 0.6) is 5.75 Å². The van der Waals surface area contributed by atoms with Crippen LogP contribution in [-0.2, 0) is 11.3 Å². The second-order valence-corrected chi connectivity index (χ2v) is 7.37. The molecule has 28 heavy (non-hydrogen) atoms. The molecule has 1 heterocycles. The Balaban J connectivity index is 1.79. The van der Waals surface area contributed by atoms with Crippen LogP contribution in [0.4, 0.5) is 13.2 Å². The Labute approximate surface area is 163 Å². The van der Waals surface area contributed by atoms with Crippen LogP contribution in [0, 0.1) is 11.3 Å². The number of carbonyl (C=O) groups is 1. The predicted octanol–water partition coefficient (Wildman–Crippen LogP) is 2.46. The lowest BCUT2D eigenvalue weighted by atomic mass is 10.1. The largest absolute Gasteiger partial charge is 0.573 e. The highest BCUT2D eigenvalue weighted by Crippen LogP contribution is 2.23. The van der Waals surface area contributed by atoms with E-state index < -0.39 is 11.9 Å². The first-order chi connectivity index (χ1) is 13.0. The second kappa shape index (κ2) is 8.80. The van der Waals surface area contributed by atoms with Crippen LogP contribution in [0.2, 0.25) is 0 Å². The third-order valence-corrected chi connectivity index (χ3v) is 4.87. The Kier molecular flexibility index (Phi) is 6.91. The monoisotopic (exact) mass is 398 g/mol. The summed E-state index contributed by atoms with van der Waals surface area (Å²) in [5, 5.41) is 9.14. The maximum absolute atomic E-state index is 12.3. The molecular formula is C19H25F3N4O2. The Morgan fingerprint density at radius 1 is 1.14 bits per heavy atom. The van der Waals surface area contributed by atoms with Crippen LogP contribution >= 0.6 is 0 Å². The lowest BCUT2D eigenvalue weighted by Gasteiger charge is -2.36. The number of ether oxygens (including phenoxy) is 1. The molecule has 0 unspecified atom stereocenters. The SMILES string of the molecule is CN(C(=O)CN1CCN(Cc2ccc(OC(F)(F)F)cc2)CC1)C(C)(C)C#N. The number of nitrogens with zero attached hydrogens (tertiary/aromatic N) is 4. The van der Waals surface area contributed by atoms with Gasteiger partial charge in [-0.05, 0) is 31.5 Å². The number of likely N-dealkylation sites (N-methyl/N-ethyl adjacent to an activating group) is 1. The number of rotatable bonds is 6. The molecule has 0 atom stereocenters. The third-order valence-electron chi connectivity index (χ3n) is 4.87. The van der Waals surface area contributed by atoms with E-state index in [9.17, 15) is 18.0 Å². The van der Waals surface area contributed by atoms with Crippen molar-refractivity contribution < 1.29 is 22.7 Å². The first kappa shape index (κ1) is 22.0. The maximum atomic E-state index is 12.3. The van der Waals surface area contributed by atoms with E-state index in [1.807, 2.05) is 4.90 Å². The molecule has 1 saturated heterocycles. The van der Waals surface area contributed by atoms with Gasteiger partial charge in [-0.25, -0.2) is 0 Å². The molecule has 1 amide bonds. The zero-order chi connectivity index (χ0) is 20.9. The van der Waals surface area contributed by atoms with Gasteiger partial charge in [0.1, 0.15) is 11.3 Å². The van der Waals surface area contributed by atoms with Crippen molar-refractivity contribution in [2.24, 2.45) is 0 Å². The second-order valence-electron chi connectivity index (χ2n) is 7.37. The molecule has 2 rings (SSSR count). The van der Waals surface area contributed by atoms with Crippen LogP contribution < -0.4 is 4.74 Å². The maximum Gasteiger partial charge on any atom is 0.573 e. The zero-order valence-electron chi connectivity index (χ0n) is 16.3. The van der Waals surface area contributed by atoms with Crippen LogP contribution in [0.1, 0.15) is 19.4 Å². The van der Waals surface area contributed by atoms with Crippen molar-refractivity contribution in [1.29, 1.82) is 5.26 Å². The fourth-order valence-electron chi connectivity index (χ4n) is 2.84. The summed E-state index contributed by atoms with van der Waals surface area (Å²) in [6, 6.07) is 7.98. The summed E-state index contributed by atoms with van der Waals surface area (Å²) in [4.78, 5) is 18.0. The van der Waals surface area contributed by atoms with Gasteiger partial charge < -0.3 is 9.64 Å². The lowest BCUT2D eigenvalue weighted by molar-refractivity contribution is -0.274. The van der Waals surface area contributed by atoms with Crippen LogP contribution in [0.15, 0.2) is 24.3 Å². The number of alkyl halides is 3. The normalized spacial score (nSPS) is 16.5. The molecule has 6 nitrogen and oxygen atoms in total. The van der Waals surface area contributed by atoms with Gasteiger partial charge in [-0.3, -0.25) is 14.6 Å². The highest BCUT2D eigenvalue weighted by atomic mass is 19.4. The van der Waals surface area contributed by atoms with Gasteiger partial charge in [-0.2, -0.15) is 5.26 Å². The molecule has 1 aliphatic rings. The topological polar surface area (TPSA) is 59.8 Å². The van der Waals surface area contributed by atoms with E-state index in [1.54, 1.807) is 33.0 Å². The molecule has 0 spiro atoms. The zero-order valence-corrected chi connectivity index (χ0v) is 16.3. The molecule has 0 bridgehead atoms. The Morgan fingerprint density at radius 2 is 1.68 bits per heavy atom. The van der Waals surface area contributed by atoms with E-state index >= 15 is 0 Å². The summed E-state index contributed by atoms with van der Waals surface area (Å²) in [6.07, 6.45) is -4.69. The number of amides is 1. The van der Waals surface area contributed by atoms with E-state index in [1.165, 1.54) is 17.0 Å². The number of piperazine rings is 1. The van der Waals surface area contributed by atoms with Gasteiger partial charge in [0.05, 0.1) is 12.6 Å². The van der Waals surface area contributed by atoms with Gasteiger partial charge >= 0.3 is 6.36 Å². The van der Waals surface area contributed by atoms with E-state index in [0.29, 0.717) is 19.6 Å². The van der Waals surface area contributed by atoms with Gasteiger partial charge in [0.2, 0.25) is 5.91 Å². The first-order valence-corrected chi connectivity index (χ1v) is 8.97. The van der Waals surface area contributed by atoms with Crippen molar-refractivity contribution in [3.05, 3.63) is 29.8 Å². The smallest absolute Gasteiger partial charge is 0.406 e. The fraction of sp³-hybridized carbons (Fsp3) is 0.579. The molecule has 0 N–H and O–H groups in total. The minimum absolute atomic E-state index is 0.0970. The van der Waals surface area contributed by atoms with Gasteiger partial charge in [0, 0.05) is 39.8 Å². The van der Waals surface area contributed by atoms with Crippen molar-refractivity contribution in [2.45, 2.75) is 32.3 Å². The minimum atomic E-state index is -4.69. The number of benzene rings is 1. The summed E-state index contributed by atoms with van der Waals surface area (Å²) >= 11 is 0. The van der Waals surface area contributed by atoms with Crippen LogP contribution in [0.25, 0.3) is 0 Å². The van der Waals surface area contributed by atoms with Crippen molar-refractivity contribution >= 4 is 5.91 Å². The van der Waals surface area contributed by atoms with E-state index in [4.69, 9.17) is 5.26 Å². The summed E-state index contributed by atoms with van der Waals surface area (Å²) in [7, 11) is 1.63. The molecule has 9 heteroatoms. The van der Waals surface area contributed by atoms with Crippen LogP contribution in [-0.4, -0.2) is 72.3 Å². The molecule has 0 radical (unpaired) electrons. The molecule has 0 aliphatic carbocycles. The van der Waals surface area contributed by atoms with Crippen LogP contribution in [0.3, 0.4) is 0 Å². The Bertz CT molecular complexity index is 705. The quantitative estimate of drug-likeness (QED) is 0.737. The van der Waals surface area contributed by atoms with Gasteiger partial charge in [0.15, 0.2) is 0 Å².